The minimum atomic E-state index is -0.792. The van der Waals surface area contributed by atoms with Gasteiger partial charge in [-0.3, -0.25) is 14.4 Å². The molecule has 0 amide bonds. The number of hydrogen-bond donors (Lipinski definition) is 0. The van der Waals surface area contributed by atoms with Crippen LogP contribution in [0.15, 0.2) is 122 Å². The normalized spacial score (nSPS) is 12.9. The first-order valence-electron chi connectivity index (χ1n) is 33.0. The number of carbonyl (C=O) groups is 3. The third-order valence-corrected chi connectivity index (χ3v) is 13.9. The summed E-state index contributed by atoms with van der Waals surface area (Å²) in [5, 5.41) is 0. The van der Waals surface area contributed by atoms with Gasteiger partial charge in [-0.15, -0.1) is 0 Å². The average molecular weight is 1100 g/mol. The summed E-state index contributed by atoms with van der Waals surface area (Å²) in [5.74, 6) is -0.902. The molecular formula is C73H122O6. The van der Waals surface area contributed by atoms with E-state index in [2.05, 4.69) is 142 Å². The van der Waals surface area contributed by atoms with Crippen molar-refractivity contribution in [3.05, 3.63) is 122 Å². The van der Waals surface area contributed by atoms with Crippen molar-refractivity contribution in [2.75, 3.05) is 13.2 Å². The fraction of sp³-hybridized carbons (Fsp3) is 0.685. The second-order valence-electron chi connectivity index (χ2n) is 21.6. The van der Waals surface area contributed by atoms with Gasteiger partial charge < -0.3 is 14.2 Å². The van der Waals surface area contributed by atoms with Gasteiger partial charge >= 0.3 is 17.9 Å². The van der Waals surface area contributed by atoms with E-state index in [1.165, 1.54) is 135 Å². The van der Waals surface area contributed by atoms with Crippen LogP contribution in [0.4, 0.5) is 0 Å². The molecule has 1 atom stereocenters. The van der Waals surface area contributed by atoms with Gasteiger partial charge in [0.2, 0.25) is 0 Å². The average Bonchev–Trinajstić information content (AvgIpc) is 3.45. The van der Waals surface area contributed by atoms with Gasteiger partial charge in [0.1, 0.15) is 13.2 Å². The molecule has 0 saturated carbocycles. The van der Waals surface area contributed by atoms with Gasteiger partial charge in [0.15, 0.2) is 6.10 Å². The molecule has 0 fully saturated rings. The van der Waals surface area contributed by atoms with Crippen LogP contribution in [0, 0.1) is 0 Å². The molecule has 0 aliphatic heterocycles. The van der Waals surface area contributed by atoms with Crippen LogP contribution in [0.3, 0.4) is 0 Å². The van der Waals surface area contributed by atoms with Crippen molar-refractivity contribution in [1.29, 1.82) is 0 Å². The minimum Gasteiger partial charge on any atom is -0.462 e. The van der Waals surface area contributed by atoms with Gasteiger partial charge in [-0.25, -0.2) is 0 Å². The number of hydrogen-bond acceptors (Lipinski definition) is 6. The number of ether oxygens (including phenoxy) is 3. The van der Waals surface area contributed by atoms with Crippen LogP contribution in [0.5, 0.6) is 0 Å². The zero-order valence-corrected chi connectivity index (χ0v) is 51.6. The summed E-state index contributed by atoms with van der Waals surface area (Å²) in [7, 11) is 0. The van der Waals surface area contributed by atoms with Gasteiger partial charge in [-0.1, -0.05) is 277 Å². The van der Waals surface area contributed by atoms with E-state index >= 15 is 0 Å². The number of unbranched alkanes of at least 4 members (excludes halogenated alkanes) is 28. The van der Waals surface area contributed by atoms with Crippen molar-refractivity contribution in [1.82, 2.24) is 0 Å². The smallest absolute Gasteiger partial charge is 0.306 e. The standard InChI is InChI=1S/C73H122O6/c1-4-7-10-13-16-19-22-25-27-29-31-33-35-36-38-39-41-43-45-48-51-54-57-60-63-66-72(75)78-69-70(68-77-71(74)65-62-59-56-53-50-47-24-21-18-15-12-9-6-3)79-73(76)67-64-61-58-55-52-49-46-44-42-40-37-34-32-30-28-26-23-20-17-14-11-8-5-2/h7-8,10-11,16-17,19-21,24-28,31-34,40,42,70H,4-6,9,12-15,18,22-23,29-30,35-39,41,43-69H2,1-3H3/b10-7-,11-8-,19-16-,20-17-,24-21-,27-25-,28-26-,33-31-,34-32-,42-40-. The summed E-state index contributed by atoms with van der Waals surface area (Å²) >= 11 is 0. The Balaban J connectivity index is 4.35. The van der Waals surface area contributed by atoms with E-state index in [4.69, 9.17) is 14.2 Å². The van der Waals surface area contributed by atoms with Crippen LogP contribution >= 0.6 is 0 Å². The quantitative estimate of drug-likeness (QED) is 0.0261. The van der Waals surface area contributed by atoms with E-state index in [0.717, 1.165) is 128 Å². The Kier molecular flexibility index (Phi) is 62.8. The van der Waals surface area contributed by atoms with Crippen molar-refractivity contribution in [2.45, 2.75) is 309 Å². The summed E-state index contributed by atoms with van der Waals surface area (Å²) in [5.41, 5.74) is 0. The molecule has 450 valence electrons. The molecule has 6 nitrogen and oxygen atoms in total. The maximum atomic E-state index is 12.9. The molecule has 0 aliphatic rings. The summed E-state index contributed by atoms with van der Waals surface area (Å²) in [6.45, 7) is 6.40. The van der Waals surface area contributed by atoms with Gasteiger partial charge in [0.05, 0.1) is 0 Å². The fourth-order valence-corrected chi connectivity index (χ4v) is 9.04. The predicted molar refractivity (Wildman–Crippen MR) is 343 cm³/mol. The molecule has 0 saturated heterocycles. The lowest BCUT2D eigenvalue weighted by Gasteiger charge is -2.18. The second kappa shape index (κ2) is 66.3. The molecular weight excluding hydrogens is 973 g/mol. The maximum Gasteiger partial charge on any atom is 0.306 e. The van der Waals surface area contributed by atoms with E-state index in [1.807, 2.05) is 0 Å². The van der Waals surface area contributed by atoms with Crippen molar-refractivity contribution in [2.24, 2.45) is 0 Å². The summed E-state index contributed by atoms with van der Waals surface area (Å²) in [6.07, 6.45) is 92.0. The summed E-state index contributed by atoms with van der Waals surface area (Å²) in [4.78, 5) is 38.4. The SMILES string of the molecule is CC/C=C\C/C=C\C/C=C\C/C=C\C/C=C\CCCCCCCCCC(=O)OC(COC(=O)CCCCCCC/C=C\CCCCCC)COC(=O)CCCCCCCCCCCCCC/C=C\C/C=C\C/C=C\C/C=C\CC. The number of rotatable bonds is 59. The van der Waals surface area contributed by atoms with Crippen molar-refractivity contribution < 1.29 is 28.6 Å². The predicted octanol–water partition coefficient (Wildman–Crippen LogP) is 22.8. The van der Waals surface area contributed by atoms with Crippen LogP contribution in [0.1, 0.15) is 303 Å². The Morgan fingerprint density at radius 2 is 0.494 bits per heavy atom. The van der Waals surface area contributed by atoms with E-state index in [0.29, 0.717) is 19.3 Å². The second-order valence-corrected chi connectivity index (χ2v) is 21.6. The van der Waals surface area contributed by atoms with Gasteiger partial charge in [0, 0.05) is 19.3 Å². The van der Waals surface area contributed by atoms with Crippen molar-refractivity contribution in [3.63, 3.8) is 0 Å². The molecule has 0 radical (unpaired) electrons. The van der Waals surface area contributed by atoms with E-state index in [-0.39, 0.29) is 31.1 Å². The Hall–Kier alpha value is -4.19. The van der Waals surface area contributed by atoms with Crippen LogP contribution in [-0.4, -0.2) is 37.2 Å². The third kappa shape index (κ3) is 64.5. The molecule has 79 heavy (non-hydrogen) atoms. The molecule has 0 heterocycles. The third-order valence-electron chi connectivity index (χ3n) is 13.9. The highest BCUT2D eigenvalue weighted by Gasteiger charge is 2.19. The zero-order chi connectivity index (χ0) is 57.1. The van der Waals surface area contributed by atoms with Gasteiger partial charge in [-0.05, 0) is 128 Å². The van der Waals surface area contributed by atoms with Crippen molar-refractivity contribution in [3.8, 4) is 0 Å². The molecule has 0 rings (SSSR count). The number of carbonyl (C=O) groups excluding carboxylic acids is 3. The first-order valence-corrected chi connectivity index (χ1v) is 33.0. The highest BCUT2D eigenvalue weighted by Crippen LogP contribution is 2.16. The number of allylic oxidation sites excluding steroid dienone is 20. The molecule has 0 spiro atoms. The first-order chi connectivity index (χ1) is 39.0. The molecule has 0 bridgehead atoms. The first kappa shape index (κ1) is 74.8. The zero-order valence-electron chi connectivity index (χ0n) is 51.6. The largest absolute Gasteiger partial charge is 0.462 e. The minimum absolute atomic E-state index is 0.0874. The van der Waals surface area contributed by atoms with Gasteiger partial charge in [0.25, 0.3) is 0 Å². The fourth-order valence-electron chi connectivity index (χ4n) is 9.04. The molecule has 0 aromatic carbocycles. The Bertz CT molecular complexity index is 1640. The van der Waals surface area contributed by atoms with E-state index in [1.54, 1.807) is 0 Å². The summed E-state index contributed by atoms with van der Waals surface area (Å²) < 4.78 is 16.9. The topological polar surface area (TPSA) is 78.9 Å². The maximum absolute atomic E-state index is 12.9. The monoisotopic (exact) mass is 1090 g/mol. The molecule has 0 aromatic rings. The Labute approximate surface area is 488 Å². The van der Waals surface area contributed by atoms with E-state index in [9.17, 15) is 14.4 Å². The van der Waals surface area contributed by atoms with E-state index < -0.39 is 6.10 Å². The number of esters is 3. The highest BCUT2D eigenvalue weighted by atomic mass is 16.6. The molecule has 1 unspecified atom stereocenters. The van der Waals surface area contributed by atoms with Crippen LogP contribution in [0.25, 0.3) is 0 Å². The van der Waals surface area contributed by atoms with Crippen molar-refractivity contribution >= 4 is 17.9 Å². The van der Waals surface area contributed by atoms with Crippen LogP contribution in [0.2, 0.25) is 0 Å². The highest BCUT2D eigenvalue weighted by molar-refractivity contribution is 5.71. The lowest BCUT2D eigenvalue weighted by atomic mass is 10.0. The molecule has 0 aliphatic carbocycles. The summed E-state index contributed by atoms with van der Waals surface area (Å²) in [6, 6.07) is 0. The Morgan fingerprint density at radius 3 is 0.785 bits per heavy atom. The lowest BCUT2D eigenvalue weighted by molar-refractivity contribution is -0.167. The Morgan fingerprint density at radius 1 is 0.266 bits per heavy atom. The van der Waals surface area contributed by atoms with Crippen LogP contribution < -0.4 is 0 Å². The molecule has 0 N–H and O–H groups in total. The van der Waals surface area contributed by atoms with Crippen LogP contribution in [-0.2, 0) is 28.6 Å². The van der Waals surface area contributed by atoms with Gasteiger partial charge in [-0.2, -0.15) is 0 Å². The molecule has 0 aromatic heterocycles. The lowest BCUT2D eigenvalue weighted by Crippen LogP contribution is -2.30. The molecule has 6 heteroatoms.